The lowest BCUT2D eigenvalue weighted by atomic mass is 10.1. The van der Waals surface area contributed by atoms with Crippen LogP contribution in [0.3, 0.4) is 0 Å². The molecule has 0 fully saturated rings. The predicted octanol–water partition coefficient (Wildman–Crippen LogP) is 2.49. The van der Waals surface area contributed by atoms with Crippen LogP contribution in [0.2, 0.25) is 0 Å². The number of amides is 1. The van der Waals surface area contributed by atoms with E-state index >= 15 is 0 Å². The highest BCUT2D eigenvalue weighted by molar-refractivity contribution is 5.99. The van der Waals surface area contributed by atoms with Gasteiger partial charge in [-0.15, -0.1) is 0 Å². The van der Waals surface area contributed by atoms with Crippen molar-refractivity contribution in [2.75, 3.05) is 5.73 Å². The van der Waals surface area contributed by atoms with E-state index in [0.717, 1.165) is 11.1 Å². The zero-order chi connectivity index (χ0) is 15.2. The summed E-state index contributed by atoms with van der Waals surface area (Å²) in [6, 6.07) is 13.0. The van der Waals surface area contributed by atoms with Crippen LogP contribution in [0.1, 0.15) is 18.1 Å². The van der Waals surface area contributed by atoms with Gasteiger partial charge in [0.2, 0.25) is 5.91 Å². The number of carbonyl (C=O) groups is 1. The zero-order valence-corrected chi connectivity index (χ0v) is 11.6. The van der Waals surface area contributed by atoms with Gasteiger partial charge >= 0.3 is 0 Å². The summed E-state index contributed by atoms with van der Waals surface area (Å²) < 4.78 is 12.8. The molecule has 1 amide bonds. The summed E-state index contributed by atoms with van der Waals surface area (Å²) in [5.41, 5.74) is 11.0. The van der Waals surface area contributed by atoms with Gasteiger partial charge in [0.05, 0.1) is 12.1 Å². The van der Waals surface area contributed by atoms with Crippen molar-refractivity contribution in [2.45, 2.75) is 13.3 Å². The number of anilines is 1. The molecule has 2 aromatic rings. The molecular formula is C16H16FN3O. The van der Waals surface area contributed by atoms with Gasteiger partial charge in [-0.25, -0.2) is 9.82 Å². The SMILES string of the molecule is C/C(=N\NC(=O)Cc1ccc(F)cc1)c1cccc(N)c1. The number of nitrogen functional groups attached to an aromatic ring is 1. The molecule has 0 unspecified atom stereocenters. The van der Waals surface area contributed by atoms with E-state index in [1.165, 1.54) is 12.1 Å². The fraction of sp³-hybridized carbons (Fsp3) is 0.125. The van der Waals surface area contributed by atoms with Crippen molar-refractivity contribution < 1.29 is 9.18 Å². The molecule has 0 spiro atoms. The van der Waals surface area contributed by atoms with Gasteiger partial charge in [-0.1, -0.05) is 24.3 Å². The Morgan fingerprint density at radius 2 is 1.95 bits per heavy atom. The van der Waals surface area contributed by atoms with Crippen molar-refractivity contribution >= 4 is 17.3 Å². The number of hydrogen-bond acceptors (Lipinski definition) is 3. The van der Waals surface area contributed by atoms with E-state index in [1.807, 2.05) is 12.1 Å². The van der Waals surface area contributed by atoms with E-state index < -0.39 is 0 Å². The minimum Gasteiger partial charge on any atom is -0.399 e. The first kappa shape index (κ1) is 14.7. The first-order valence-corrected chi connectivity index (χ1v) is 6.48. The maximum atomic E-state index is 12.8. The Balaban J connectivity index is 1.96. The van der Waals surface area contributed by atoms with E-state index in [0.29, 0.717) is 11.4 Å². The molecule has 0 atom stereocenters. The van der Waals surface area contributed by atoms with E-state index in [1.54, 1.807) is 31.2 Å². The quantitative estimate of drug-likeness (QED) is 0.515. The Kier molecular flexibility index (Phi) is 4.66. The Labute approximate surface area is 122 Å². The van der Waals surface area contributed by atoms with Crippen LogP contribution in [0.4, 0.5) is 10.1 Å². The van der Waals surface area contributed by atoms with Crippen molar-refractivity contribution in [1.29, 1.82) is 0 Å². The minimum atomic E-state index is -0.324. The van der Waals surface area contributed by atoms with Crippen molar-refractivity contribution in [3.8, 4) is 0 Å². The summed E-state index contributed by atoms with van der Waals surface area (Å²) in [4.78, 5) is 11.8. The Hall–Kier alpha value is -2.69. The van der Waals surface area contributed by atoms with Crippen molar-refractivity contribution in [3.05, 3.63) is 65.5 Å². The van der Waals surface area contributed by atoms with Gasteiger partial charge in [0.25, 0.3) is 0 Å². The summed E-state index contributed by atoms with van der Waals surface area (Å²) in [5, 5.41) is 4.04. The number of rotatable bonds is 4. The monoisotopic (exact) mass is 285 g/mol. The first-order valence-electron chi connectivity index (χ1n) is 6.48. The van der Waals surface area contributed by atoms with Crippen LogP contribution in [0.15, 0.2) is 53.6 Å². The molecule has 0 aliphatic carbocycles. The van der Waals surface area contributed by atoms with Crippen molar-refractivity contribution in [3.63, 3.8) is 0 Å². The van der Waals surface area contributed by atoms with E-state index in [4.69, 9.17) is 5.73 Å². The minimum absolute atomic E-state index is 0.147. The fourth-order valence-electron chi connectivity index (χ4n) is 1.80. The lowest BCUT2D eigenvalue weighted by Gasteiger charge is -2.04. The summed E-state index contributed by atoms with van der Waals surface area (Å²) in [6.07, 6.45) is 0.147. The lowest BCUT2D eigenvalue weighted by Crippen LogP contribution is -2.21. The molecule has 0 aliphatic heterocycles. The van der Waals surface area contributed by atoms with Crippen molar-refractivity contribution in [1.82, 2.24) is 5.43 Å². The molecule has 0 radical (unpaired) electrons. The van der Waals surface area contributed by atoms with Gasteiger partial charge in [-0.3, -0.25) is 4.79 Å². The topological polar surface area (TPSA) is 67.5 Å². The average Bonchev–Trinajstić information content (AvgIpc) is 2.47. The number of benzene rings is 2. The molecular weight excluding hydrogens is 269 g/mol. The zero-order valence-electron chi connectivity index (χ0n) is 11.6. The van der Waals surface area contributed by atoms with Gasteiger partial charge in [-0.2, -0.15) is 5.10 Å². The van der Waals surface area contributed by atoms with Crippen LogP contribution in [0.25, 0.3) is 0 Å². The second-order valence-electron chi connectivity index (χ2n) is 4.66. The van der Waals surface area contributed by atoms with Gasteiger partial charge in [0.15, 0.2) is 0 Å². The summed E-state index contributed by atoms with van der Waals surface area (Å²) >= 11 is 0. The number of hydrogen-bond donors (Lipinski definition) is 2. The first-order chi connectivity index (χ1) is 10.0. The highest BCUT2D eigenvalue weighted by Gasteiger charge is 2.04. The van der Waals surface area contributed by atoms with E-state index in [9.17, 15) is 9.18 Å². The summed E-state index contributed by atoms with van der Waals surface area (Å²) in [5.74, 6) is -0.584. The predicted molar refractivity (Wildman–Crippen MR) is 81.3 cm³/mol. The number of nitrogens with two attached hydrogens (primary N) is 1. The number of halogens is 1. The Morgan fingerprint density at radius 3 is 2.62 bits per heavy atom. The molecule has 2 aromatic carbocycles. The maximum Gasteiger partial charge on any atom is 0.244 e. The molecule has 5 heteroatoms. The standard InChI is InChI=1S/C16H16FN3O/c1-11(13-3-2-4-15(18)10-13)19-20-16(21)9-12-5-7-14(17)8-6-12/h2-8,10H,9,18H2,1H3,(H,20,21)/b19-11+. The van der Waals surface area contributed by atoms with Crippen LogP contribution in [-0.2, 0) is 11.2 Å². The maximum absolute atomic E-state index is 12.8. The molecule has 108 valence electrons. The molecule has 0 heterocycles. The largest absolute Gasteiger partial charge is 0.399 e. The molecule has 21 heavy (non-hydrogen) atoms. The molecule has 0 saturated carbocycles. The van der Waals surface area contributed by atoms with Gasteiger partial charge in [-0.05, 0) is 42.3 Å². The fourth-order valence-corrected chi connectivity index (χ4v) is 1.80. The highest BCUT2D eigenvalue weighted by atomic mass is 19.1. The number of carbonyl (C=O) groups excluding carboxylic acids is 1. The second-order valence-corrected chi connectivity index (χ2v) is 4.66. The molecule has 3 N–H and O–H groups in total. The summed E-state index contributed by atoms with van der Waals surface area (Å²) in [6.45, 7) is 1.78. The van der Waals surface area contributed by atoms with Gasteiger partial charge < -0.3 is 5.73 Å². The molecule has 0 bridgehead atoms. The number of hydrazone groups is 1. The third-order valence-electron chi connectivity index (χ3n) is 2.93. The molecule has 0 aromatic heterocycles. The lowest BCUT2D eigenvalue weighted by molar-refractivity contribution is -0.120. The van der Waals surface area contributed by atoms with Crippen LogP contribution in [0, 0.1) is 5.82 Å². The summed E-state index contributed by atoms with van der Waals surface area (Å²) in [7, 11) is 0. The normalized spacial score (nSPS) is 11.2. The number of nitrogens with zero attached hydrogens (tertiary/aromatic N) is 1. The smallest absolute Gasteiger partial charge is 0.244 e. The van der Waals surface area contributed by atoms with Crippen molar-refractivity contribution in [2.24, 2.45) is 5.10 Å². The Morgan fingerprint density at radius 1 is 1.24 bits per heavy atom. The second kappa shape index (κ2) is 6.65. The number of nitrogens with one attached hydrogen (secondary N) is 1. The molecule has 4 nitrogen and oxygen atoms in total. The average molecular weight is 285 g/mol. The van der Waals surface area contributed by atoms with E-state index in [-0.39, 0.29) is 18.1 Å². The van der Waals surface area contributed by atoms with Crippen LogP contribution in [-0.4, -0.2) is 11.6 Å². The van der Waals surface area contributed by atoms with Crippen LogP contribution >= 0.6 is 0 Å². The highest BCUT2D eigenvalue weighted by Crippen LogP contribution is 2.07. The van der Waals surface area contributed by atoms with Crippen LogP contribution < -0.4 is 11.2 Å². The molecule has 2 rings (SSSR count). The van der Waals surface area contributed by atoms with Crippen LogP contribution in [0.5, 0.6) is 0 Å². The Bertz CT molecular complexity index is 665. The molecule has 0 aliphatic rings. The molecule has 0 saturated heterocycles. The van der Waals surface area contributed by atoms with Gasteiger partial charge in [0, 0.05) is 5.69 Å². The third kappa shape index (κ3) is 4.42. The third-order valence-corrected chi connectivity index (χ3v) is 2.93. The van der Waals surface area contributed by atoms with Gasteiger partial charge in [0.1, 0.15) is 5.82 Å². The van der Waals surface area contributed by atoms with E-state index in [2.05, 4.69) is 10.5 Å².